The minimum absolute atomic E-state index is 0.113. The minimum atomic E-state index is -1.06. The molecule has 1 aromatic carbocycles. The molecule has 0 aliphatic carbocycles. The van der Waals surface area contributed by atoms with E-state index in [4.69, 9.17) is 21.8 Å². The molecule has 0 fully saturated rings. The number of halogens is 1. The van der Waals surface area contributed by atoms with Crippen LogP contribution in [0.1, 0.15) is 11.3 Å². The van der Waals surface area contributed by atoms with Crippen molar-refractivity contribution in [3.8, 4) is 0 Å². The van der Waals surface area contributed by atoms with Crippen LogP contribution < -0.4 is 5.43 Å². The van der Waals surface area contributed by atoms with Crippen LogP contribution in [0.15, 0.2) is 23.0 Å². The maximum absolute atomic E-state index is 12.4. The second kappa shape index (κ2) is 5.64. The number of hydrogen-bond acceptors (Lipinski definition) is 3. The highest BCUT2D eigenvalue weighted by atomic mass is 35.5. The average Bonchev–Trinajstić information content (AvgIpc) is 2.39. The van der Waals surface area contributed by atoms with Crippen molar-refractivity contribution in [2.75, 3.05) is 6.61 Å². The van der Waals surface area contributed by atoms with Crippen LogP contribution in [0.3, 0.4) is 0 Å². The number of fused-ring (bicyclic) bond motifs is 1. The highest BCUT2D eigenvalue weighted by Crippen LogP contribution is 2.20. The van der Waals surface area contributed by atoms with Crippen LogP contribution in [-0.4, -0.2) is 27.4 Å². The van der Waals surface area contributed by atoms with Gasteiger partial charge in [-0.2, -0.15) is 0 Å². The topological polar surface area (TPSA) is 79.5 Å². The quantitative estimate of drug-likeness (QED) is 0.897. The second-order valence-electron chi connectivity index (χ2n) is 4.50. The average molecular weight is 296 g/mol. The summed E-state index contributed by atoms with van der Waals surface area (Å²) in [5.41, 5.74) is 1.08. The Balaban J connectivity index is 2.86. The molecule has 0 amide bonds. The van der Waals surface area contributed by atoms with Crippen molar-refractivity contribution in [2.45, 2.75) is 19.9 Å². The Morgan fingerprint density at radius 1 is 1.40 bits per heavy atom. The van der Waals surface area contributed by atoms with Crippen molar-refractivity contribution in [1.29, 1.82) is 0 Å². The van der Waals surface area contributed by atoms with Gasteiger partial charge in [-0.05, 0) is 25.1 Å². The Bertz CT molecular complexity index is 736. The summed E-state index contributed by atoms with van der Waals surface area (Å²) in [6, 6.07) is 4.82. The van der Waals surface area contributed by atoms with E-state index >= 15 is 0 Å². The van der Waals surface area contributed by atoms with Gasteiger partial charge in [-0.25, -0.2) is 0 Å². The van der Waals surface area contributed by atoms with E-state index in [1.807, 2.05) is 0 Å². The van der Waals surface area contributed by atoms with Crippen molar-refractivity contribution >= 4 is 28.5 Å². The molecule has 0 aliphatic rings. The summed E-state index contributed by atoms with van der Waals surface area (Å²) in [7, 11) is 0. The number of benzene rings is 1. The van der Waals surface area contributed by atoms with Gasteiger partial charge in [-0.15, -0.1) is 0 Å². The molecule has 0 saturated heterocycles. The van der Waals surface area contributed by atoms with Gasteiger partial charge in [0, 0.05) is 28.2 Å². The zero-order valence-electron chi connectivity index (χ0n) is 10.9. The third-order valence-corrected chi connectivity index (χ3v) is 3.50. The lowest BCUT2D eigenvalue weighted by Gasteiger charge is -2.17. The molecule has 0 radical (unpaired) electrons. The van der Waals surface area contributed by atoms with E-state index in [0.29, 0.717) is 21.6 Å². The van der Waals surface area contributed by atoms with E-state index in [1.165, 1.54) is 0 Å². The number of carbonyl (C=O) groups is 1. The Morgan fingerprint density at radius 3 is 2.70 bits per heavy atom. The lowest BCUT2D eigenvalue weighted by molar-refractivity contribution is -0.136. The molecule has 0 aliphatic heterocycles. The summed E-state index contributed by atoms with van der Waals surface area (Å²) in [5.74, 6) is -1.06. The first-order chi connectivity index (χ1) is 9.45. The van der Waals surface area contributed by atoms with E-state index in [0.717, 1.165) is 0 Å². The van der Waals surface area contributed by atoms with E-state index in [-0.39, 0.29) is 30.6 Å². The predicted molar refractivity (Wildman–Crippen MR) is 76.4 cm³/mol. The predicted octanol–water partition coefficient (Wildman–Crippen LogP) is 1.58. The van der Waals surface area contributed by atoms with E-state index in [9.17, 15) is 9.59 Å². The molecule has 0 unspecified atom stereocenters. The maximum atomic E-state index is 12.4. The molecule has 0 spiro atoms. The molecule has 1 aromatic heterocycles. The van der Waals surface area contributed by atoms with Crippen molar-refractivity contribution in [1.82, 2.24) is 4.57 Å². The first-order valence-corrected chi connectivity index (χ1v) is 6.47. The molecule has 0 saturated carbocycles. The largest absolute Gasteiger partial charge is 0.481 e. The molecule has 20 heavy (non-hydrogen) atoms. The smallest absolute Gasteiger partial charge is 0.308 e. The van der Waals surface area contributed by atoms with Crippen LogP contribution in [0.4, 0.5) is 0 Å². The van der Waals surface area contributed by atoms with Crippen molar-refractivity contribution in [2.24, 2.45) is 0 Å². The lowest BCUT2D eigenvalue weighted by atomic mass is 10.0. The van der Waals surface area contributed by atoms with Gasteiger partial charge in [0.15, 0.2) is 5.43 Å². The van der Waals surface area contributed by atoms with Crippen molar-refractivity contribution < 1.29 is 15.0 Å². The molecule has 2 N–H and O–H groups in total. The Kier molecular flexibility index (Phi) is 4.11. The number of aliphatic hydroxyl groups excluding tert-OH is 1. The number of carboxylic acids is 1. The van der Waals surface area contributed by atoms with Gasteiger partial charge in [-0.1, -0.05) is 11.6 Å². The van der Waals surface area contributed by atoms with Crippen LogP contribution in [0, 0.1) is 6.92 Å². The summed E-state index contributed by atoms with van der Waals surface area (Å²) in [4.78, 5) is 23.3. The molecule has 0 atom stereocenters. The van der Waals surface area contributed by atoms with Crippen molar-refractivity contribution in [3.63, 3.8) is 0 Å². The fraction of sp³-hybridized carbons (Fsp3) is 0.286. The number of pyridine rings is 1. The summed E-state index contributed by atoms with van der Waals surface area (Å²) in [5, 5.41) is 19.0. The number of aromatic nitrogens is 1. The van der Waals surface area contributed by atoms with Gasteiger partial charge >= 0.3 is 5.97 Å². The molecule has 106 valence electrons. The van der Waals surface area contributed by atoms with E-state index in [2.05, 4.69) is 0 Å². The van der Waals surface area contributed by atoms with Gasteiger partial charge in [0.2, 0.25) is 0 Å². The molecule has 5 nitrogen and oxygen atoms in total. The molecule has 1 heterocycles. The van der Waals surface area contributed by atoms with Gasteiger partial charge < -0.3 is 14.8 Å². The number of rotatable bonds is 4. The van der Waals surface area contributed by atoms with Gasteiger partial charge in [0.25, 0.3) is 0 Å². The minimum Gasteiger partial charge on any atom is -0.481 e. The second-order valence-corrected chi connectivity index (χ2v) is 4.94. The van der Waals surface area contributed by atoms with Crippen LogP contribution in [0.2, 0.25) is 5.02 Å². The van der Waals surface area contributed by atoms with Crippen LogP contribution in [-0.2, 0) is 17.8 Å². The summed E-state index contributed by atoms with van der Waals surface area (Å²) < 4.78 is 1.72. The van der Waals surface area contributed by atoms with Crippen LogP contribution in [0.5, 0.6) is 0 Å². The third-order valence-electron chi connectivity index (χ3n) is 3.26. The zero-order valence-corrected chi connectivity index (χ0v) is 11.6. The fourth-order valence-corrected chi connectivity index (χ4v) is 2.50. The van der Waals surface area contributed by atoms with E-state index < -0.39 is 5.97 Å². The van der Waals surface area contributed by atoms with Gasteiger partial charge in [0.1, 0.15) is 0 Å². The first-order valence-electron chi connectivity index (χ1n) is 6.10. The zero-order chi connectivity index (χ0) is 14.9. The normalized spacial score (nSPS) is 10.9. The Morgan fingerprint density at radius 2 is 2.10 bits per heavy atom. The van der Waals surface area contributed by atoms with E-state index in [1.54, 1.807) is 29.7 Å². The third kappa shape index (κ3) is 2.55. The summed E-state index contributed by atoms with van der Waals surface area (Å²) in [6.07, 6.45) is -0.339. The molecule has 2 aromatic rings. The number of nitrogens with zero attached hydrogens (tertiary/aromatic N) is 1. The molecular weight excluding hydrogens is 282 g/mol. The summed E-state index contributed by atoms with van der Waals surface area (Å²) in [6.45, 7) is 1.84. The van der Waals surface area contributed by atoms with Gasteiger partial charge in [0.05, 0.1) is 18.5 Å². The van der Waals surface area contributed by atoms with Crippen LogP contribution in [0.25, 0.3) is 10.9 Å². The summed E-state index contributed by atoms with van der Waals surface area (Å²) >= 11 is 5.95. The van der Waals surface area contributed by atoms with Crippen molar-refractivity contribution in [3.05, 3.63) is 44.7 Å². The standard InChI is InChI=1S/C14H14ClNO4/c1-8-11(7-13(18)19)14(20)10-3-2-9(15)6-12(10)16(8)4-5-17/h2-3,6,17H,4-5,7H2,1H3,(H,18,19). The molecular formula is C14H14ClNO4. The molecule has 0 bridgehead atoms. The lowest BCUT2D eigenvalue weighted by Crippen LogP contribution is -2.22. The monoisotopic (exact) mass is 295 g/mol. The highest BCUT2D eigenvalue weighted by molar-refractivity contribution is 6.31. The molecule has 2 rings (SSSR count). The fourth-order valence-electron chi connectivity index (χ4n) is 2.34. The SMILES string of the molecule is Cc1c(CC(=O)O)c(=O)c2ccc(Cl)cc2n1CCO. The Hall–Kier alpha value is -1.85. The van der Waals surface area contributed by atoms with Gasteiger partial charge in [-0.3, -0.25) is 9.59 Å². The van der Waals surface area contributed by atoms with Crippen LogP contribution >= 0.6 is 11.6 Å². The molecule has 6 heteroatoms. The number of carboxylic acid groups (broad SMARTS) is 1. The first kappa shape index (κ1) is 14.6. The number of aliphatic carboxylic acids is 1. The maximum Gasteiger partial charge on any atom is 0.308 e. The highest BCUT2D eigenvalue weighted by Gasteiger charge is 2.16. The Labute approximate surface area is 120 Å². The number of hydrogen-bond donors (Lipinski definition) is 2. The number of aliphatic hydroxyl groups is 1.